The summed E-state index contributed by atoms with van der Waals surface area (Å²) in [6.45, 7) is 5.57. The van der Waals surface area contributed by atoms with Crippen molar-refractivity contribution in [3.8, 4) is 0 Å². The summed E-state index contributed by atoms with van der Waals surface area (Å²) in [5.41, 5.74) is -0.485. The van der Waals surface area contributed by atoms with Crippen LogP contribution in [-0.4, -0.2) is 13.0 Å². The van der Waals surface area contributed by atoms with Crippen LogP contribution in [0.1, 0.15) is 20.8 Å². The molecule has 0 aliphatic carbocycles. The smallest absolute Gasteiger partial charge is 0.259 e. The van der Waals surface area contributed by atoms with E-state index in [1.165, 1.54) is 0 Å². The molecule has 0 saturated carbocycles. The molecular formula is C16H19NO2S. The van der Waals surface area contributed by atoms with Crippen LogP contribution in [0.2, 0.25) is 0 Å². The SMILES string of the molecule is COS(=NC(=O)C(C)(C)C)c1ccc2ccccc2c1. The Labute approximate surface area is 122 Å². The Morgan fingerprint density at radius 1 is 1.10 bits per heavy atom. The second kappa shape index (κ2) is 5.85. The van der Waals surface area contributed by atoms with Gasteiger partial charge in [0.25, 0.3) is 5.91 Å². The van der Waals surface area contributed by atoms with Crippen molar-refractivity contribution in [1.29, 1.82) is 0 Å². The fraction of sp³-hybridized carbons (Fsp3) is 0.312. The Hall–Kier alpha value is -1.52. The molecule has 1 atom stereocenters. The van der Waals surface area contributed by atoms with Gasteiger partial charge in [-0.3, -0.25) is 4.79 Å². The molecule has 3 nitrogen and oxygen atoms in total. The Kier molecular flexibility index (Phi) is 4.35. The van der Waals surface area contributed by atoms with Gasteiger partial charge in [0.2, 0.25) is 0 Å². The van der Waals surface area contributed by atoms with Crippen molar-refractivity contribution in [2.75, 3.05) is 7.11 Å². The van der Waals surface area contributed by atoms with Crippen LogP contribution in [0.25, 0.3) is 10.8 Å². The minimum atomic E-state index is -0.852. The number of hydrogen-bond donors (Lipinski definition) is 0. The molecule has 1 unspecified atom stereocenters. The molecule has 0 fully saturated rings. The highest BCUT2D eigenvalue weighted by molar-refractivity contribution is 7.83. The van der Waals surface area contributed by atoms with E-state index in [1.807, 2.05) is 57.2 Å². The van der Waals surface area contributed by atoms with Gasteiger partial charge in [-0.25, -0.2) is 0 Å². The van der Waals surface area contributed by atoms with Gasteiger partial charge in [0.15, 0.2) is 0 Å². The van der Waals surface area contributed by atoms with E-state index >= 15 is 0 Å². The van der Waals surface area contributed by atoms with Gasteiger partial charge in [-0.1, -0.05) is 51.1 Å². The highest BCUT2D eigenvalue weighted by Crippen LogP contribution is 2.21. The number of nitrogens with zero attached hydrogens (tertiary/aromatic N) is 1. The summed E-state index contributed by atoms with van der Waals surface area (Å²) in [7, 11) is 0.729. The predicted molar refractivity (Wildman–Crippen MR) is 83.5 cm³/mol. The highest BCUT2D eigenvalue weighted by atomic mass is 32.2. The van der Waals surface area contributed by atoms with Crippen molar-refractivity contribution in [2.45, 2.75) is 25.7 Å². The molecule has 4 heteroatoms. The van der Waals surface area contributed by atoms with E-state index in [9.17, 15) is 4.79 Å². The molecule has 0 spiro atoms. The number of benzene rings is 2. The molecule has 0 radical (unpaired) electrons. The molecule has 0 aromatic heterocycles. The summed E-state index contributed by atoms with van der Waals surface area (Å²) in [5, 5.41) is 2.29. The molecule has 2 rings (SSSR count). The third kappa shape index (κ3) is 3.32. The Morgan fingerprint density at radius 3 is 2.35 bits per heavy atom. The Morgan fingerprint density at radius 2 is 1.75 bits per heavy atom. The van der Waals surface area contributed by atoms with Crippen LogP contribution in [0.5, 0.6) is 0 Å². The summed E-state index contributed by atoms with van der Waals surface area (Å²) in [4.78, 5) is 13.0. The second-order valence-electron chi connectivity index (χ2n) is 5.57. The maximum absolute atomic E-state index is 12.0. The maximum atomic E-state index is 12.0. The normalized spacial score (nSPS) is 13.6. The fourth-order valence-electron chi connectivity index (χ4n) is 1.67. The van der Waals surface area contributed by atoms with Crippen molar-refractivity contribution in [1.82, 2.24) is 0 Å². The van der Waals surface area contributed by atoms with E-state index < -0.39 is 16.4 Å². The van der Waals surface area contributed by atoms with Crippen molar-refractivity contribution in [2.24, 2.45) is 9.78 Å². The third-order valence-corrected chi connectivity index (χ3v) is 4.19. The van der Waals surface area contributed by atoms with E-state index in [-0.39, 0.29) is 5.91 Å². The number of fused-ring (bicyclic) bond motifs is 1. The number of rotatable bonds is 2. The Bertz CT molecular complexity index is 671. The first-order valence-electron chi connectivity index (χ1n) is 6.45. The number of carbonyl (C=O) groups excluding carboxylic acids is 1. The zero-order chi connectivity index (χ0) is 14.8. The van der Waals surface area contributed by atoms with Crippen LogP contribution >= 0.6 is 0 Å². The van der Waals surface area contributed by atoms with Gasteiger partial charge in [0, 0.05) is 10.3 Å². The molecule has 0 heterocycles. The number of carbonyl (C=O) groups is 1. The second-order valence-corrected chi connectivity index (χ2v) is 7.06. The lowest BCUT2D eigenvalue weighted by Crippen LogP contribution is -2.18. The van der Waals surface area contributed by atoms with Crippen LogP contribution < -0.4 is 0 Å². The summed E-state index contributed by atoms with van der Waals surface area (Å²) in [6, 6.07) is 14.1. The van der Waals surface area contributed by atoms with Crippen molar-refractivity contribution in [3.63, 3.8) is 0 Å². The van der Waals surface area contributed by atoms with Gasteiger partial charge in [0.1, 0.15) is 0 Å². The van der Waals surface area contributed by atoms with Gasteiger partial charge in [-0.15, -0.1) is 0 Å². The zero-order valence-electron chi connectivity index (χ0n) is 12.2. The minimum absolute atomic E-state index is 0.143. The standard InChI is InChI=1S/C16H19NO2S/c1-16(2,3)15(18)17-20(19-4)14-10-9-12-7-5-6-8-13(12)11-14/h5-11H,1-4H3. The molecule has 0 bridgehead atoms. The molecule has 0 saturated heterocycles. The van der Waals surface area contributed by atoms with Crippen molar-refractivity contribution in [3.05, 3.63) is 42.5 Å². The fourth-order valence-corrected chi connectivity index (χ4v) is 2.88. The molecular weight excluding hydrogens is 270 g/mol. The molecule has 2 aromatic rings. The van der Waals surface area contributed by atoms with Crippen LogP contribution in [0.3, 0.4) is 0 Å². The predicted octanol–water partition coefficient (Wildman–Crippen LogP) is 4.13. The monoisotopic (exact) mass is 289 g/mol. The lowest BCUT2D eigenvalue weighted by molar-refractivity contribution is -0.124. The van der Waals surface area contributed by atoms with Gasteiger partial charge in [-0.2, -0.15) is 4.36 Å². The van der Waals surface area contributed by atoms with E-state index in [1.54, 1.807) is 7.11 Å². The average Bonchev–Trinajstić information content (AvgIpc) is 2.43. The van der Waals surface area contributed by atoms with E-state index in [4.69, 9.17) is 4.18 Å². The van der Waals surface area contributed by atoms with Gasteiger partial charge in [-0.05, 0) is 22.9 Å². The summed E-state index contributed by atoms with van der Waals surface area (Å²) >= 11 is 0. The highest BCUT2D eigenvalue weighted by Gasteiger charge is 2.21. The summed E-state index contributed by atoms with van der Waals surface area (Å²) in [6.07, 6.45) is 0. The van der Waals surface area contributed by atoms with E-state index in [0.717, 1.165) is 15.7 Å². The number of hydrogen-bond acceptors (Lipinski definition) is 2. The van der Waals surface area contributed by atoms with E-state index in [0.29, 0.717) is 0 Å². The number of amides is 1. The average molecular weight is 289 g/mol. The topological polar surface area (TPSA) is 38.7 Å². The van der Waals surface area contributed by atoms with E-state index in [2.05, 4.69) is 10.4 Å². The first-order valence-corrected chi connectivity index (χ1v) is 7.56. The maximum Gasteiger partial charge on any atom is 0.259 e. The third-order valence-electron chi connectivity index (χ3n) is 2.89. The first kappa shape index (κ1) is 14.9. The first-order chi connectivity index (χ1) is 9.41. The molecule has 2 aromatic carbocycles. The van der Waals surface area contributed by atoms with Crippen molar-refractivity contribution < 1.29 is 8.98 Å². The van der Waals surface area contributed by atoms with Crippen LogP contribution in [0.15, 0.2) is 51.7 Å². The van der Waals surface area contributed by atoms with Crippen LogP contribution in [0, 0.1) is 5.41 Å². The minimum Gasteiger partial charge on any atom is -0.305 e. The van der Waals surface area contributed by atoms with Crippen LogP contribution in [-0.2, 0) is 19.9 Å². The molecule has 0 aliphatic rings. The largest absolute Gasteiger partial charge is 0.305 e. The molecule has 106 valence electrons. The Balaban J connectivity index is 2.44. The van der Waals surface area contributed by atoms with Gasteiger partial charge < -0.3 is 4.18 Å². The lowest BCUT2D eigenvalue weighted by atomic mass is 9.96. The van der Waals surface area contributed by atoms with Gasteiger partial charge >= 0.3 is 0 Å². The zero-order valence-corrected chi connectivity index (χ0v) is 13.0. The molecule has 1 amide bonds. The molecule has 0 aliphatic heterocycles. The summed E-state index contributed by atoms with van der Waals surface area (Å²) < 4.78 is 9.60. The molecule has 20 heavy (non-hydrogen) atoms. The van der Waals surface area contributed by atoms with Gasteiger partial charge in [0.05, 0.1) is 18.1 Å². The van der Waals surface area contributed by atoms with Crippen LogP contribution in [0.4, 0.5) is 0 Å². The lowest BCUT2D eigenvalue weighted by Gasteiger charge is -2.14. The van der Waals surface area contributed by atoms with Crippen molar-refractivity contribution >= 4 is 27.7 Å². The molecule has 0 N–H and O–H groups in total. The summed E-state index contributed by atoms with van der Waals surface area (Å²) in [5.74, 6) is -0.143. The quantitative estimate of drug-likeness (QED) is 0.833.